The van der Waals surface area contributed by atoms with Crippen LogP contribution in [-0.4, -0.2) is 30.5 Å². The highest BCUT2D eigenvalue weighted by molar-refractivity contribution is 7.17. The Morgan fingerprint density at radius 1 is 1.52 bits per heavy atom. The average Bonchev–Trinajstić information content (AvgIpc) is 2.79. The van der Waals surface area contributed by atoms with Crippen LogP contribution in [0.3, 0.4) is 0 Å². The van der Waals surface area contributed by atoms with Crippen LogP contribution in [-0.2, 0) is 0 Å². The summed E-state index contributed by atoms with van der Waals surface area (Å²) >= 11 is 7.41. The minimum atomic E-state index is -0.0369. The molecule has 1 amide bonds. The van der Waals surface area contributed by atoms with E-state index in [4.69, 9.17) is 11.6 Å². The summed E-state index contributed by atoms with van der Waals surface area (Å²) in [6, 6.07) is 7.52. The second-order valence-corrected chi connectivity index (χ2v) is 6.61. The highest BCUT2D eigenvalue weighted by atomic mass is 35.5. The number of nitrogens with one attached hydrogen (secondary N) is 2. The third-order valence-corrected chi connectivity index (χ3v) is 4.93. The number of hydrogen-bond acceptors (Lipinski definition) is 4. The molecule has 0 aliphatic carbocycles. The van der Waals surface area contributed by atoms with Crippen molar-refractivity contribution in [3.05, 3.63) is 39.9 Å². The van der Waals surface area contributed by atoms with Crippen molar-refractivity contribution in [3.63, 3.8) is 0 Å². The van der Waals surface area contributed by atoms with Crippen LogP contribution in [0.25, 0.3) is 10.6 Å². The van der Waals surface area contributed by atoms with E-state index >= 15 is 0 Å². The molecule has 6 heteroatoms. The number of thiazole rings is 1. The summed E-state index contributed by atoms with van der Waals surface area (Å²) in [6.45, 7) is 4.55. The van der Waals surface area contributed by atoms with E-state index < -0.39 is 0 Å². The maximum atomic E-state index is 12.2. The van der Waals surface area contributed by atoms with Crippen LogP contribution in [0.15, 0.2) is 24.3 Å². The lowest BCUT2D eigenvalue weighted by Gasteiger charge is -2.26. The second-order valence-electron chi connectivity index (χ2n) is 5.18. The van der Waals surface area contributed by atoms with E-state index in [2.05, 4.69) is 15.6 Å². The molecule has 0 saturated carbocycles. The first-order valence-electron chi connectivity index (χ1n) is 6.86. The van der Waals surface area contributed by atoms with Crippen molar-refractivity contribution in [3.8, 4) is 10.6 Å². The summed E-state index contributed by atoms with van der Waals surface area (Å²) in [7, 11) is 0. The summed E-state index contributed by atoms with van der Waals surface area (Å²) in [5.41, 5.74) is 1.71. The lowest BCUT2D eigenvalue weighted by molar-refractivity contribution is 0.0945. The zero-order valence-corrected chi connectivity index (χ0v) is 13.2. The first-order chi connectivity index (χ1) is 10.1. The fourth-order valence-electron chi connectivity index (χ4n) is 2.16. The normalized spacial score (nSPS) is 14.8. The van der Waals surface area contributed by atoms with Crippen molar-refractivity contribution in [2.45, 2.75) is 6.92 Å². The number of benzene rings is 1. The Labute approximate surface area is 132 Å². The fourth-order valence-corrected chi connectivity index (χ4v) is 3.33. The Morgan fingerprint density at radius 3 is 3.00 bits per heavy atom. The minimum absolute atomic E-state index is 0.0369. The molecule has 2 aromatic rings. The molecule has 4 nitrogen and oxygen atoms in total. The zero-order chi connectivity index (χ0) is 14.8. The van der Waals surface area contributed by atoms with Gasteiger partial charge in [-0.15, -0.1) is 11.3 Å². The Morgan fingerprint density at radius 2 is 2.33 bits per heavy atom. The molecule has 1 aliphatic rings. The van der Waals surface area contributed by atoms with Crippen LogP contribution < -0.4 is 10.6 Å². The molecule has 1 aliphatic heterocycles. The van der Waals surface area contributed by atoms with Gasteiger partial charge in [-0.05, 0) is 19.1 Å². The van der Waals surface area contributed by atoms with E-state index in [1.807, 2.05) is 31.2 Å². The van der Waals surface area contributed by atoms with Gasteiger partial charge in [0.1, 0.15) is 9.88 Å². The molecule has 2 heterocycles. The van der Waals surface area contributed by atoms with Gasteiger partial charge in [-0.25, -0.2) is 4.98 Å². The van der Waals surface area contributed by atoms with Gasteiger partial charge in [-0.2, -0.15) is 0 Å². The van der Waals surface area contributed by atoms with Gasteiger partial charge in [-0.3, -0.25) is 4.79 Å². The topological polar surface area (TPSA) is 54.0 Å². The molecule has 110 valence electrons. The molecule has 21 heavy (non-hydrogen) atoms. The summed E-state index contributed by atoms with van der Waals surface area (Å²) in [5.74, 6) is 0.514. The van der Waals surface area contributed by atoms with Gasteiger partial charge in [0.15, 0.2) is 0 Å². The highest BCUT2D eigenvalue weighted by Gasteiger charge is 2.20. The van der Waals surface area contributed by atoms with Gasteiger partial charge >= 0.3 is 0 Å². The second kappa shape index (κ2) is 6.13. The number of halogens is 1. The Hall–Kier alpha value is -1.43. The number of nitrogens with zero attached hydrogens (tertiary/aromatic N) is 1. The summed E-state index contributed by atoms with van der Waals surface area (Å²) in [5, 5.41) is 7.67. The van der Waals surface area contributed by atoms with Crippen molar-refractivity contribution in [1.82, 2.24) is 15.6 Å². The molecule has 1 aromatic carbocycles. The largest absolute Gasteiger partial charge is 0.351 e. The molecular weight excluding hydrogens is 306 g/mol. The van der Waals surface area contributed by atoms with Crippen LogP contribution in [0.4, 0.5) is 0 Å². The highest BCUT2D eigenvalue weighted by Crippen LogP contribution is 2.29. The summed E-state index contributed by atoms with van der Waals surface area (Å²) < 4.78 is 0. The van der Waals surface area contributed by atoms with E-state index in [9.17, 15) is 4.79 Å². The Kier molecular flexibility index (Phi) is 4.24. The van der Waals surface area contributed by atoms with Crippen LogP contribution >= 0.6 is 22.9 Å². The van der Waals surface area contributed by atoms with Crippen LogP contribution in [0.5, 0.6) is 0 Å². The minimum Gasteiger partial charge on any atom is -0.351 e. The molecule has 1 saturated heterocycles. The lowest BCUT2D eigenvalue weighted by atomic mass is 10.0. The van der Waals surface area contributed by atoms with Crippen molar-refractivity contribution in [2.24, 2.45) is 5.92 Å². The standard InChI is InChI=1S/C15H16ClN3OS/c1-9-13(14(20)18-8-10-6-17-7-10)21-15(19-9)11-3-2-4-12(16)5-11/h2-5,10,17H,6-8H2,1H3,(H,18,20). The smallest absolute Gasteiger partial charge is 0.263 e. The first kappa shape index (κ1) is 14.5. The molecule has 3 rings (SSSR count). The van der Waals surface area contributed by atoms with Gasteiger partial charge < -0.3 is 10.6 Å². The number of carbonyl (C=O) groups is 1. The van der Waals surface area contributed by atoms with E-state index in [-0.39, 0.29) is 5.91 Å². The van der Waals surface area contributed by atoms with Crippen LogP contribution in [0.1, 0.15) is 15.4 Å². The monoisotopic (exact) mass is 321 g/mol. The predicted molar refractivity (Wildman–Crippen MR) is 86.0 cm³/mol. The first-order valence-corrected chi connectivity index (χ1v) is 8.05. The molecule has 0 spiro atoms. The van der Waals surface area contributed by atoms with Crippen LogP contribution in [0.2, 0.25) is 5.02 Å². The number of carbonyl (C=O) groups excluding carboxylic acids is 1. The quantitative estimate of drug-likeness (QED) is 0.910. The van der Waals surface area contributed by atoms with Gasteiger partial charge in [-0.1, -0.05) is 23.7 Å². The number of aryl methyl sites for hydroxylation is 1. The molecule has 0 unspecified atom stereocenters. The van der Waals surface area contributed by atoms with Gasteiger partial charge in [0.2, 0.25) is 0 Å². The number of aromatic nitrogens is 1. The molecule has 2 N–H and O–H groups in total. The van der Waals surface area contributed by atoms with Gasteiger partial charge in [0.05, 0.1) is 5.69 Å². The molecule has 1 fully saturated rings. The Bertz CT molecular complexity index is 667. The van der Waals surface area contributed by atoms with E-state index in [0.29, 0.717) is 15.8 Å². The van der Waals surface area contributed by atoms with Gasteiger partial charge in [0, 0.05) is 36.1 Å². The SMILES string of the molecule is Cc1nc(-c2cccc(Cl)c2)sc1C(=O)NCC1CNC1. The molecular formula is C15H16ClN3OS. The van der Waals surface area contributed by atoms with Crippen LogP contribution in [0, 0.1) is 12.8 Å². The molecule has 0 radical (unpaired) electrons. The number of rotatable bonds is 4. The van der Waals surface area contributed by atoms with Crippen molar-refractivity contribution in [2.75, 3.05) is 19.6 Å². The Balaban J connectivity index is 1.75. The van der Waals surface area contributed by atoms with Crippen molar-refractivity contribution < 1.29 is 4.79 Å². The maximum Gasteiger partial charge on any atom is 0.263 e. The number of amides is 1. The third kappa shape index (κ3) is 3.26. The molecule has 1 aromatic heterocycles. The van der Waals surface area contributed by atoms with E-state index in [1.165, 1.54) is 11.3 Å². The predicted octanol–water partition coefficient (Wildman–Crippen LogP) is 2.72. The van der Waals surface area contributed by atoms with Gasteiger partial charge in [0.25, 0.3) is 5.91 Å². The molecule has 0 atom stereocenters. The number of hydrogen-bond donors (Lipinski definition) is 2. The fraction of sp³-hybridized carbons (Fsp3) is 0.333. The zero-order valence-electron chi connectivity index (χ0n) is 11.6. The lowest BCUT2D eigenvalue weighted by Crippen LogP contribution is -2.48. The van der Waals surface area contributed by atoms with E-state index in [0.717, 1.165) is 35.9 Å². The summed E-state index contributed by atoms with van der Waals surface area (Å²) in [6.07, 6.45) is 0. The third-order valence-electron chi connectivity index (χ3n) is 3.49. The van der Waals surface area contributed by atoms with E-state index in [1.54, 1.807) is 0 Å². The van der Waals surface area contributed by atoms with Crippen molar-refractivity contribution >= 4 is 28.8 Å². The average molecular weight is 322 g/mol. The maximum absolute atomic E-state index is 12.2. The van der Waals surface area contributed by atoms with Crippen molar-refractivity contribution in [1.29, 1.82) is 0 Å². The molecule has 0 bridgehead atoms. The summed E-state index contributed by atoms with van der Waals surface area (Å²) in [4.78, 5) is 17.4.